The summed E-state index contributed by atoms with van der Waals surface area (Å²) in [6.07, 6.45) is 8.38. The minimum atomic E-state index is -0.0320. The van der Waals surface area contributed by atoms with Gasteiger partial charge in [-0.2, -0.15) is 0 Å². The first kappa shape index (κ1) is 16.7. The molecule has 1 saturated carbocycles. The van der Waals surface area contributed by atoms with Crippen molar-refractivity contribution in [3.8, 4) is 0 Å². The molecule has 1 amide bonds. The van der Waals surface area contributed by atoms with Crippen molar-refractivity contribution in [1.82, 2.24) is 9.78 Å². The van der Waals surface area contributed by atoms with Gasteiger partial charge in [0.05, 0.1) is 17.4 Å². The molecular weight excluding hydrogens is 310 g/mol. The zero-order valence-corrected chi connectivity index (χ0v) is 14.9. The largest absolute Gasteiger partial charge is 0.310 e. The number of thioether (sulfide) groups is 1. The minimum absolute atomic E-state index is 0.00186. The Labute approximate surface area is 141 Å². The third-order valence-electron chi connectivity index (χ3n) is 4.94. The van der Waals surface area contributed by atoms with Gasteiger partial charge in [0.2, 0.25) is 5.91 Å². The van der Waals surface area contributed by atoms with Gasteiger partial charge in [0.25, 0.3) is 5.56 Å². The molecule has 0 saturated heterocycles. The van der Waals surface area contributed by atoms with Gasteiger partial charge in [-0.05, 0) is 18.8 Å². The zero-order chi connectivity index (χ0) is 16.4. The predicted octanol–water partition coefficient (Wildman–Crippen LogP) is 3.84. The molecule has 2 aliphatic rings. The van der Waals surface area contributed by atoms with Gasteiger partial charge in [-0.25, -0.2) is 0 Å². The van der Waals surface area contributed by atoms with E-state index in [1.54, 1.807) is 11.8 Å². The lowest BCUT2D eigenvalue weighted by atomic mass is 9.96. The van der Waals surface area contributed by atoms with Gasteiger partial charge >= 0.3 is 0 Å². The number of anilines is 1. The highest BCUT2D eigenvalue weighted by Crippen LogP contribution is 2.41. The van der Waals surface area contributed by atoms with E-state index in [9.17, 15) is 9.59 Å². The van der Waals surface area contributed by atoms with Gasteiger partial charge in [-0.3, -0.25) is 19.4 Å². The number of hydrogen-bond donors (Lipinski definition) is 2. The number of hydrogen-bond acceptors (Lipinski definition) is 3. The van der Waals surface area contributed by atoms with Crippen LogP contribution in [0.3, 0.4) is 0 Å². The van der Waals surface area contributed by atoms with Crippen LogP contribution in [0.15, 0.2) is 4.79 Å². The van der Waals surface area contributed by atoms with Crippen LogP contribution in [0, 0.1) is 5.92 Å². The molecule has 1 aromatic rings. The van der Waals surface area contributed by atoms with E-state index in [0.29, 0.717) is 17.7 Å². The zero-order valence-electron chi connectivity index (χ0n) is 14.1. The predicted molar refractivity (Wildman–Crippen MR) is 95.1 cm³/mol. The topological polar surface area (TPSA) is 66.9 Å². The number of H-pyrrole nitrogens is 1. The molecule has 1 aliphatic heterocycles. The molecule has 1 fully saturated rings. The summed E-state index contributed by atoms with van der Waals surface area (Å²) in [5, 5.41) is 6.11. The summed E-state index contributed by atoms with van der Waals surface area (Å²) in [7, 11) is 0. The average molecular weight is 337 g/mol. The molecular formula is C17H27N3O2S. The smallest absolute Gasteiger partial charge is 0.270 e. The van der Waals surface area contributed by atoms with Crippen LogP contribution in [0.4, 0.5) is 5.82 Å². The molecule has 3 rings (SSSR count). The van der Waals surface area contributed by atoms with E-state index in [4.69, 9.17) is 0 Å². The number of rotatable bonds is 2. The fourth-order valence-corrected chi connectivity index (χ4v) is 4.94. The molecule has 0 aromatic carbocycles. The van der Waals surface area contributed by atoms with Crippen LogP contribution in [0.25, 0.3) is 0 Å². The second-order valence-electron chi connectivity index (χ2n) is 7.10. The molecule has 0 bridgehead atoms. The highest BCUT2D eigenvalue weighted by Gasteiger charge is 2.32. The Morgan fingerprint density at radius 1 is 1.09 bits per heavy atom. The van der Waals surface area contributed by atoms with E-state index in [-0.39, 0.29) is 16.7 Å². The van der Waals surface area contributed by atoms with Crippen molar-refractivity contribution in [3.05, 3.63) is 15.9 Å². The Morgan fingerprint density at radius 3 is 2.39 bits per heavy atom. The van der Waals surface area contributed by atoms with Crippen molar-refractivity contribution in [2.75, 3.05) is 11.1 Å². The van der Waals surface area contributed by atoms with Gasteiger partial charge in [-0.1, -0.05) is 46.0 Å². The molecule has 0 radical (unpaired) electrons. The number of amides is 1. The number of nitrogens with zero attached hydrogens (tertiary/aromatic N) is 1. The lowest BCUT2D eigenvalue weighted by Crippen LogP contribution is -2.20. The maximum Gasteiger partial charge on any atom is 0.270 e. The van der Waals surface area contributed by atoms with E-state index >= 15 is 0 Å². The summed E-state index contributed by atoms with van der Waals surface area (Å²) in [5.41, 5.74) is 0.730. The Kier molecular flexibility index (Phi) is 5.19. The van der Waals surface area contributed by atoms with Gasteiger partial charge in [0.1, 0.15) is 5.82 Å². The minimum Gasteiger partial charge on any atom is -0.310 e. The molecule has 1 atom stereocenters. The number of aromatic nitrogens is 2. The fraction of sp³-hybridized carbons (Fsp3) is 0.765. The Hall–Kier alpha value is -1.17. The van der Waals surface area contributed by atoms with Gasteiger partial charge in [0.15, 0.2) is 0 Å². The number of carbonyl (C=O) groups excluding carboxylic acids is 1. The van der Waals surface area contributed by atoms with Crippen molar-refractivity contribution < 1.29 is 4.79 Å². The van der Waals surface area contributed by atoms with Gasteiger partial charge in [0, 0.05) is 5.25 Å². The summed E-state index contributed by atoms with van der Waals surface area (Å²) in [6.45, 7) is 4.23. The van der Waals surface area contributed by atoms with Crippen LogP contribution >= 0.6 is 11.8 Å². The summed E-state index contributed by atoms with van der Waals surface area (Å²) < 4.78 is 1.97. The number of fused-ring (bicyclic) bond motifs is 1. The van der Waals surface area contributed by atoms with Crippen LogP contribution < -0.4 is 10.9 Å². The van der Waals surface area contributed by atoms with Crippen LogP contribution in [-0.4, -0.2) is 21.4 Å². The van der Waals surface area contributed by atoms with E-state index in [1.165, 1.54) is 32.1 Å². The molecule has 0 spiro atoms. The molecule has 128 valence electrons. The summed E-state index contributed by atoms with van der Waals surface area (Å²) >= 11 is 1.58. The van der Waals surface area contributed by atoms with Crippen molar-refractivity contribution in [1.29, 1.82) is 0 Å². The van der Waals surface area contributed by atoms with Crippen molar-refractivity contribution in [2.24, 2.45) is 5.92 Å². The lowest BCUT2D eigenvalue weighted by Gasteiger charge is -2.23. The Morgan fingerprint density at radius 2 is 1.74 bits per heavy atom. The van der Waals surface area contributed by atoms with E-state index in [1.807, 2.05) is 4.68 Å². The van der Waals surface area contributed by atoms with Crippen LogP contribution in [0.5, 0.6) is 0 Å². The quantitative estimate of drug-likeness (QED) is 0.861. The standard InChI is InChI=1S/C17H27N3O2S/c1-11(2)15-14-16(18-13(21)10-23-15)20(19-17(14)22)12-8-6-4-3-5-7-9-12/h11-12,15H,3-10H2,1-2H3,(H,18,21)(H,19,22)/t15-/m0/s1. The monoisotopic (exact) mass is 337 g/mol. The summed E-state index contributed by atoms with van der Waals surface area (Å²) in [5.74, 6) is 1.47. The van der Waals surface area contributed by atoms with Gasteiger partial charge in [-0.15, -0.1) is 11.8 Å². The van der Waals surface area contributed by atoms with Crippen LogP contribution in [0.2, 0.25) is 0 Å². The van der Waals surface area contributed by atoms with E-state index in [0.717, 1.165) is 24.2 Å². The lowest BCUT2D eigenvalue weighted by molar-refractivity contribution is -0.113. The van der Waals surface area contributed by atoms with Crippen molar-refractivity contribution >= 4 is 23.5 Å². The SMILES string of the molecule is CC(C)[C@@H]1SCC(=O)Nc2c1c(=O)[nH]n2C1CCCCCCC1. The molecule has 1 aliphatic carbocycles. The molecule has 2 N–H and O–H groups in total. The maximum absolute atomic E-state index is 12.6. The van der Waals surface area contributed by atoms with Crippen molar-refractivity contribution in [3.63, 3.8) is 0 Å². The number of carbonyl (C=O) groups is 1. The second-order valence-corrected chi connectivity index (χ2v) is 8.23. The number of nitrogens with one attached hydrogen (secondary N) is 2. The maximum atomic E-state index is 12.6. The number of aromatic amines is 1. The van der Waals surface area contributed by atoms with Gasteiger partial charge < -0.3 is 5.32 Å². The molecule has 5 nitrogen and oxygen atoms in total. The molecule has 0 unspecified atom stereocenters. The first-order valence-electron chi connectivity index (χ1n) is 8.83. The van der Waals surface area contributed by atoms with Crippen LogP contribution in [-0.2, 0) is 4.79 Å². The summed E-state index contributed by atoms with van der Waals surface area (Å²) in [6, 6.07) is 0.294. The summed E-state index contributed by atoms with van der Waals surface area (Å²) in [4.78, 5) is 24.7. The van der Waals surface area contributed by atoms with E-state index < -0.39 is 0 Å². The molecule has 2 heterocycles. The first-order chi connectivity index (χ1) is 11.1. The Balaban J connectivity index is 2.00. The third kappa shape index (κ3) is 3.52. The Bertz CT molecular complexity index is 612. The molecule has 23 heavy (non-hydrogen) atoms. The highest BCUT2D eigenvalue weighted by atomic mass is 32.2. The molecule has 6 heteroatoms. The average Bonchev–Trinajstić information content (AvgIpc) is 2.66. The third-order valence-corrected chi connectivity index (χ3v) is 6.51. The van der Waals surface area contributed by atoms with Crippen molar-refractivity contribution in [2.45, 2.75) is 70.1 Å². The van der Waals surface area contributed by atoms with Crippen LogP contribution in [0.1, 0.15) is 75.6 Å². The molecule has 1 aromatic heterocycles. The van der Waals surface area contributed by atoms with E-state index in [2.05, 4.69) is 24.3 Å². The first-order valence-corrected chi connectivity index (χ1v) is 9.88. The normalized spacial score (nSPS) is 23.8. The second kappa shape index (κ2) is 7.16. The highest BCUT2D eigenvalue weighted by molar-refractivity contribution is 8.00. The fourth-order valence-electron chi connectivity index (χ4n) is 3.76.